The third-order valence-corrected chi connectivity index (χ3v) is 5.06. The zero-order valence-electron chi connectivity index (χ0n) is 12.5. The summed E-state index contributed by atoms with van der Waals surface area (Å²) in [7, 11) is 0. The second-order valence-electron chi connectivity index (χ2n) is 6.78. The molecule has 0 spiro atoms. The molecule has 1 saturated carbocycles. The van der Waals surface area contributed by atoms with E-state index in [-0.39, 0.29) is 28.6 Å². The summed E-state index contributed by atoms with van der Waals surface area (Å²) in [5, 5.41) is 3.08. The maximum Gasteiger partial charge on any atom is 0.224 e. The van der Waals surface area contributed by atoms with E-state index < -0.39 is 0 Å². The summed E-state index contributed by atoms with van der Waals surface area (Å²) in [5.41, 5.74) is 1.23. The number of nitrogens with one attached hydrogen (secondary N) is 1. The van der Waals surface area contributed by atoms with Crippen molar-refractivity contribution in [3.63, 3.8) is 0 Å². The molecule has 1 amide bonds. The Labute approximate surface area is 115 Å². The third kappa shape index (κ3) is 2.38. The van der Waals surface area contributed by atoms with Crippen LogP contribution in [0.2, 0.25) is 0 Å². The zero-order valence-corrected chi connectivity index (χ0v) is 12.5. The Hall–Kier alpha value is -1.38. The summed E-state index contributed by atoms with van der Waals surface area (Å²) < 4.78 is 0. The molecule has 1 aromatic rings. The monoisotopic (exact) mass is 260 g/mol. The second kappa shape index (κ2) is 4.62. The standard InChI is InChI=1S/C16H24N2O/c1-11(12-8-6-7-9-17-12)10-18-14(19)13-15(2,3)16(13,4)5/h6-9,11,13H,10H2,1-5H3,(H,18,19). The van der Waals surface area contributed by atoms with E-state index in [9.17, 15) is 4.79 Å². The zero-order chi connectivity index (χ0) is 14.3. The van der Waals surface area contributed by atoms with E-state index in [4.69, 9.17) is 0 Å². The Morgan fingerprint density at radius 1 is 1.32 bits per heavy atom. The quantitative estimate of drug-likeness (QED) is 0.904. The van der Waals surface area contributed by atoms with Gasteiger partial charge in [-0.2, -0.15) is 0 Å². The van der Waals surface area contributed by atoms with Crippen LogP contribution in [0.25, 0.3) is 0 Å². The molecule has 3 heteroatoms. The minimum atomic E-state index is 0.102. The van der Waals surface area contributed by atoms with E-state index in [1.165, 1.54) is 0 Å². The van der Waals surface area contributed by atoms with E-state index in [1.54, 1.807) is 6.20 Å². The highest BCUT2D eigenvalue weighted by atomic mass is 16.2. The van der Waals surface area contributed by atoms with Gasteiger partial charge in [-0.3, -0.25) is 9.78 Å². The van der Waals surface area contributed by atoms with Crippen molar-refractivity contribution in [1.29, 1.82) is 0 Å². The van der Waals surface area contributed by atoms with Crippen molar-refractivity contribution < 1.29 is 4.79 Å². The maximum absolute atomic E-state index is 12.2. The first-order valence-electron chi connectivity index (χ1n) is 6.97. The van der Waals surface area contributed by atoms with Crippen LogP contribution in [0.5, 0.6) is 0 Å². The summed E-state index contributed by atoms with van der Waals surface area (Å²) in [6.45, 7) is 11.4. The summed E-state index contributed by atoms with van der Waals surface area (Å²) in [5.74, 6) is 0.545. The fraction of sp³-hybridized carbons (Fsp3) is 0.625. The van der Waals surface area contributed by atoms with Gasteiger partial charge in [-0.05, 0) is 23.0 Å². The van der Waals surface area contributed by atoms with Gasteiger partial charge in [0.1, 0.15) is 0 Å². The van der Waals surface area contributed by atoms with Gasteiger partial charge >= 0.3 is 0 Å². The predicted molar refractivity (Wildman–Crippen MR) is 76.7 cm³/mol. The van der Waals surface area contributed by atoms with Crippen LogP contribution >= 0.6 is 0 Å². The molecule has 3 nitrogen and oxygen atoms in total. The minimum Gasteiger partial charge on any atom is -0.355 e. The average Bonchev–Trinajstić information content (AvgIpc) is 2.77. The summed E-state index contributed by atoms with van der Waals surface area (Å²) >= 11 is 0. The summed E-state index contributed by atoms with van der Waals surface area (Å²) in [6, 6.07) is 5.89. The highest BCUT2D eigenvalue weighted by molar-refractivity contribution is 5.84. The molecular formula is C16H24N2O. The van der Waals surface area contributed by atoms with Gasteiger partial charge < -0.3 is 5.32 Å². The lowest BCUT2D eigenvalue weighted by molar-refractivity contribution is -0.123. The normalized spacial score (nSPS) is 21.7. The molecule has 1 fully saturated rings. The number of hydrogen-bond donors (Lipinski definition) is 1. The topological polar surface area (TPSA) is 42.0 Å². The van der Waals surface area contributed by atoms with Gasteiger partial charge in [0, 0.05) is 30.3 Å². The molecule has 1 N–H and O–H groups in total. The number of pyridine rings is 1. The van der Waals surface area contributed by atoms with Gasteiger partial charge in [-0.25, -0.2) is 0 Å². The van der Waals surface area contributed by atoms with Gasteiger partial charge in [0.25, 0.3) is 0 Å². The maximum atomic E-state index is 12.2. The van der Waals surface area contributed by atoms with Crippen molar-refractivity contribution in [3.05, 3.63) is 30.1 Å². The van der Waals surface area contributed by atoms with Gasteiger partial charge in [-0.15, -0.1) is 0 Å². The van der Waals surface area contributed by atoms with Gasteiger partial charge in [0.05, 0.1) is 0 Å². The van der Waals surface area contributed by atoms with Crippen LogP contribution < -0.4 is 5.32 Å². The van der Waals surface area contributed by atoms with E-state index in [1.807, 2.05) is 18.2 Å². The van der Waals surface area contributed by atoms with E-state index in [2.05, 4.69) is 44.9 Å². The molecule has 1 aliphatic rings. The predicted octanol–water partition coefficient (Wildman–Crippen LogP) is 2.98. The van der Waals surface area contributed by atoms with Crippen LogP contribution in [0.3, 0.4) is 0 Å². The van der Waals surface area contributed by atoms with Gasteiger partial charge in [-0.1, -0.05) is 40.7 Å². The van der Waals surface area contributed by atoms with E-state index in [0.717, 1.165) is 5.69 Å². The fourth-order valence-electron chi connectivity index (χ4n) is 2.98. The van der Waals surface area contributed by atoms with Crippen molar-refractivity contribution in [3.8, 4) is 0 Å². The SMILES string of the molecule is CC(CNC(=O)C1C(C)(C)C1(C)C)c1ccccn1. The van der Waals surface area contributed by atoms with Crippen molar-refractivity contribution >= 4 is 5.91 Å². The fourth-order valence-corrected chi connectivity index (χ4v) is 2.98. The van der Waals surface area contributed by atoms with Crippen molar-refractivity contribution in [2.75, 3.05) is 6.54 Å². The molecule has 104 valence electrons. The Morgan fingerprint density at radius 3 is 2.42 bits per heavy atom. The molecule has 2 rings (SSSR count). The van der Waals surface area contributed by atoms with E-state index >= 15 is 0 Å². The Balaban J connectivity index is 1.89. The lowest BCUT2D eigenvalue weighted by atomic mass is 10.0. The number of carbonyl (C=O) groups is 1. The number of rotatable bonds is 4. The summed E-state index contributed by atoms with van der Waals surface area (Å²) in [6.07, 6.45) is 1.79. The van der Waals surface area contributed by atoms with Crippen molar-refractivity contribution in [2.24, 2.45) is 16.7 Å². The Morgan fingerprint density at radius 2 is 1.95 bits per heavy atom. The number of carbonyl (C=O) groups excluding carboxylic acids is 1. The molecule has 19 heavy (non-hydrogen) atoms. The Bertz CT molecular complexity index is 451. The molecule has 1 aliphatic carbocycles. The van der Waals surface area contributed by atoms with Gasteiger partial charge in [0.2, 0.25) is 5.91 Å². The molecule has 1 aromatic heterocycles. The van der Waals surface area contributed by atoms with Crippen LogP contribution in [-0.2, 0) is 4.79 Å². The molecule has 0 bridgehead atoms. The van der Waals surface area contributed by atoms with Crippen molar-refractivity contribution in [2.45, 2.75) is 40.5 Å². The van der Waals surface area contributed by atoms with Crippen molar-refractivity contribution in [1.82, 2.24) is 10.3 Å². The minimum absolute atomic E-state index is 0.102. The molecule has 1 atom stereocenters. The van der Waals surface area contributed by atoms with Gasteiger partial charge in [0.15, 0.2) is 0 Å². The van der Waals surface area contributed by atoms with Crippen LogP contribution in [0.1, 0.15) is 46.2 Å². The average molecular weight is 260 g/mol. The van der Waals surface area contributed by atoms with Crippen LogP contribution in [0.15, 0.2) is 24.4 Å². The first kappa shape index (κ1) is 14.0. The molecule has 1 heterocycles. The largest absolute Gasteiger partial charge is 0.355 e. The van der Waals surface area contributed by atoms with Crippen LogP contribution in [-0.4, -0.2) is 17.4 Å². The van der Waals surface area contributed by atoms with Crippen LogP contribution in [0, 0.1) is 16.7 Å². The molecule has 0 aliphatic heterocycles. The molecule has 1 unspecified atom stereocenters. The highest BCUT2D eigenvalue weighted by Crippen LogP contribution is 2.68. The summed E-state index contributed by atoms with van der Waals surface area (Å²) in [4.78, 5) is 16.6. The van der Waals surface area contributed by atoms with E-state index in [0.29, 0.717) is 6.54 Å². The number of amides is 1. The molecule has 0 saturated heterocycles. The first-order valence-corrected chi connectivity index (χ1v) is 6.97. The molecule has 0 radical (unpaired) electrons. The molecule has 0 aromatic carbocycles. The second-order valence-corrected chi connectivity index (χ2v) is 6.78. The first-order chi connectivity index (χ1) is 8.78. The highest BCUT2D eigenvalue weighted by Gasteiger charge is 2.68. The third-order valence-electron chi connectivity index (χ3n) is 5.06. The lowest BCUT2D eigenvalue weighted by Gasteiger charge is -2.12. The van der Waals surface area contributed by atoms with Crippen LogP contribution in [0.4, 0.5) is 0 Å². The number of nitrogens with zero attached hydrogens (tertiary/aromatic N) is 1. The number of aromatic nitrogens is 1. The smallest absolute Gasteiger partial charge is 0.224 e. The molecular weight excluding hydrogens is 236 g/mol. The number of hydrogen-bond acceptors (Lipinski definition) is 2. The Kier molecular flexibility index (Phi) is 3.41. The lowest BCUT2D eigenvalue weighted by Crippen LogP contribution is -2.30.